The molecule has 0 saturated carbocycles. The number of alkyl halides is 3. The van der Waals surface area contributed by atoms with Gasteiger partial charge in [0.05, 0.1) is 23.6 Å². The standard InChI is InChI=1S/C32H32F3N7O2/c1-20-14-22(16-23(15-20)32(33,34)35)29(43)38-25-5-4-21(2)28(17-25)30(44)39-26-18-36-31(37-19-26)40-24-6-8-27(9-7-24)42-12-10-41(3)11-13-42/h4-9,14-19H,10-13H2,1-3H3,(H,38,43)(H,39,44)(H,36,37,40). The summed E-state index contributed by atoms with van der Waals surface area (Å²) in [6.07, 6.45) is -1.63. The van der Waals surface area contributed by atoms with Crippen LogP contribution in [-0.4, -0.2) is 59.9 Å². The quantitative estimate of drug-likeness (QED) is 0.234. The summed E-state index contributed by atoms with van der Waals surface area (Å²) < 4.78 is 39.6. The second-order valence-electron chi connectivity index (χ2n) is 10.8. The van der Waals surface area contributed by atoms with E-state index in [9.17, 15) is 22.8 Å². The third-order valence-corrected chi connectivity index (χ3v) is 7.31. The number of likely N-dealkylation sites (N-methyl/N-ethyl adjacent to an activating group) is 1. The Balaban J connectivity index is 1.20. The minimum absolute atomic E-state index is 0.138. The Morgan fingerprint density at radius 3 is 2.07 bits per heavy atom. The maximum absolute atomic E-state index is 13.2. The van der Waals surface area contributed by atoms with Crippen LogP contribution >= 0.6 is 0 Å². The van der Waals surface area contributed by atoms with Crippen molar-refractivity contribution in [2.24, 2.45) is 0 Å². The Hall–Kier alpha value is -4.97. The Morgan fingerprint density at radius 2 is 1.41 bits per heavy atom. The average Bonchev–Trinajstić information content (AvgIpc) is 2.99. The van der Waals surface area contributed by atoms with Gasteiger partial charge >= 0.3 is 6.18 Å². The number of nitrogens with one attached hydrogen (secondary N) is 3. The van der Waals surface area contributed by atoms with Crippen LogP contribution in [0.25, 0.3) is 0 Å². The third kappa shape index (κ3) is 7.51. The summed E-state index contributed by atoms with van der Waals surface area (Å²) in [4.78, 5) is 39.1. The van der Waals surface area contributed by atoms with Crippen molar-refractivity contribution in [2.45, 2.75) is 20.0 Å². The Kier molecular flexibility index (Phi) is 8.81. The van der Waals surface area contributed by atoms with Crippen molar-refractivity contribution in [1.29, 1.82) is 0 Å². The molecule has 9 nitrogen and oxygen atoms in total. The minimum atomic E-state index is -4.58. The second kappa shape index (κ2) is 12.7. The molecule has 1 aliphatic rings. The molecular formula is C32H32F3N7O2. The SMILES string of the molecule is Cc1cc(C(=O)Nc2ccc(C)c(C(=O)Nc3cnc(Nc4ccc(N5CCN(C)CC5)cc4)nc3)c2)cc(C(F)(F)F)c1. The summed E-state index contributed by atoms with van der Waals surface area (Å²) in [6.45, 7) is 7.24. The van der Waals surface area contributed by atoms with E-state index in [1.165, 1.54) is 31.5 Å². The second-order valence-corrected chi connectivity index (χ2v) is 10.8. The van der Waals surface area contributed by atoms with Gasteiger partial charge in [0.15, 0.2) is 0 Å². The number of piperazine rings is 1. The van der Waals surface area contributed by atoms with E-state index in [4.69, 9.17) is 0 Å². The monoisotopic (exact) mass is 603 g/mol. The maximum atomic E-state index is 13.2. The van der Waals surface area contributed by atoms with Gasteiger partial charge in [0, 0.05) is 54.4 Å². The van der Waals surface area contributed by atoms with Crippen LogP contribution in [0.4, 0.5) is 41.9 Å². The fraction of sp³-hybridized carbons (Fsp3) is 0.250. The Labute approximate surface area is 253 Å². The number of carbonyl (C=O) groups excluding carboxylic acids is 2. The summed E-state index contributed by atoms with van der Waals surface area (Å²) in [5.74, 6) is -0.821. The van der Waals surface area contributed by atoms with Gasteiger partial charge in [0.2, 0.25) is 5.95 Å². The Bertz CT molecular complexity index is 1650. The Morgan fingerprint density at radius 1 is 0.773 bits per heavy atom. The zero-order valence-electron chi connectivity index (χ0n) is 24.5. The molecular weight excluding hydrogens is 571 g/mol. The van der Waals surface area contributed by atoms with Gasteiger partial charge in [-0.2, -0.15) is 13.2 Å². The highest BCUT2D eigenvalue weighted by atomic mass is 19.4. The highest BCUT2D eigenvalue weighted by molar-refractivity contribution is 6.08. The first-order chi connectivity index (χ1) is 20.9. The van der Waals surface area contributed by atoms with Crippen molar-refractivity contribution in [1.82, 2.24) is 14.9 Å². The van der Waals surface area contributed by atoms with E-state index in [1.54, 1.807) is 19.1 Å². The highest BCUT2D eigenvalue weighted by Gasteiger charge is 2.31. The van der Waals surface area contributed by atoms with Gasteiger partial charge in [-0.25, -0.2) is 9.97 Å². The lowest BCUT2D eigenvalue weighted by atomic mass is 10.0. The molecule has 3 N–H and O–H groups in total. The van der Waals surface area contributed by atoms with Crippen molar-refractivity contribution in [3.8, 4) is 0 Å². The van der Waals surface area contributed by atoms with Crippen LogP contribution in [0.15, 0.2) is 73.1 Å². The van der Waals surface area contributed by atoms with Crippen molar-refractivity contribution in [2.75, 3.05) is 54.1 Å². The molecule has 228 valence electrons. The predicted octanol–water partition coefficient (Wildman–Crippen LogP) is 6.11. The lowest BCUT2D eigenvalue weighted by molar-refractivity contribution is -0.137. The van der Waals surface area contributed by atoms with Crippen LogP contribution < -0.4 is 20.9 Å². The summed E-state index contributed by atoms with van der Waals surface area (Å²) in [6, 6.07) is 15.9. The van der Waals surface area contributed by atoms with E-state index in [2.05, 4.69) is 54.9 Å². The number of benzene rings is 3. The molecule has 12 heteroatoms. The molecule has 0 spiro atoms. The third-order valence-electron chi connectivity index (χ3n) is 7.31. The van der Waals surface area contributed by atoms with E-state index in [1.807, 2.05) is 12.1 Å². The van der Waals surface area contributed by atoms with E-state index in [0.29, 0.717) is 22.8 Å². The van der Waals surface area contributed by atoms with Crippen molar-refractivity contribution >= 4 is 40.5 Å². The summed E-state index contributed by atoms with van der Waals surface area (Å²) in [5, 5.41) is 8.48. The van der Waals surface area contributed by atoms with Crippen LogP contribution in [-0.2, 0) is 6.18 Å². The number of aryl methyl sites for hydroxylation is 2. The number of hydrogen-bond donors (Lipinski definition) is 3. The van der Waals surface area contributed by atoms with E-state index in [-0.39, 0.29) is 16.8 Å². The molecule has 1 fully saturated rings. The summed E-state index contributed by atoms with van der Waals surface area (Å²) in [7, 11) is 2.12. The molecule has 0 aliphatic carbocycles. The largest absolute Gasteiger partial charge is 0.416 e. The van der Waals surface area contributed by atoms with Crippen LogP contribution in [0.2, 0.25) is 0 Å². The normalized spacial score (nSPS) is 13.8. The topological polar surface area (TPSA) is 102 Å². The predicted molar refractivity (Wildman–Crippen MR) is 165 cm³/mol. The number of halogens is 3. The number of hydrogen-bond acceptors (Lipinski definition) is 7. The summed E-state index contributed by atoms with van der Waals surface area (Å²) >= 11 is 0. The molecule has 0 bridgehead atoms. The van der Waals surface area contributed by atoms with Crippen LogP contribution in [0.5, 0.6) is 0 Å². The first kappa shape index (κ1) is 30.5. The van der Waals surface area contributed by atoms with Crippen molar-refractivity contribution in [3.63, 3.8) is 0 Å². The van der Waals surface area contributed by atoms with Crippen LogP contribution in [0, 0.1) is 13.8 Å². The first-order valence-electron chi connectivity index (χ1n) is 14.0. The number of carbonyl (C=O) groups is 2. The number of nitrogens with zero attached hydrogens (tertiary/aromatic N) is 4. The van der Waals surface area contributed by atoms with Gasteiger partial charge in [0.1, 0.15) is 0 Å². The molecule has 2 amide bonds. The van der Waals surface area contributed by atoms with E-state index >= 15 is 0 Å². The molecule has 2 heterocycles. The average molecular weight is 604 g/mol. The molecule has 0 unspecified atom stereocenters. The van der Waals surface area contributed by atoms with E-state index in [0.717, 1.165) is 49.7 Å². The molecule has 1 saturated heterocycles. The minimum Gasteiger partial charge on any atom is -0.369 e. The van der Waals surface area contributed by atoms with Crippen molar-refractivity contribution < 1.29 is 22.8 Å². The molecule has 4 aromatic rings. The van der Waals surface area contributed by atoms with Gasteiger partial charge in [-0.15, -0.1) is 0 Å². The van der Waals surface area contributed by atoms with Gasteiger partial charge in [-0.05, 0) is 86.6 Å². The molecule has 1 aromatic heterocycles. The van der Waals surface area contributed by atoms with Gasteiger partial charge in [-0.3, -0.25) is 9.59 Å². The van der Waals surface area contributed by atoms with Crippen LogP contribution in [0.3, 0.4) is 0 Å². The zero-order chi connectivity index (χ0) is 31.4. The fourth-order valence-electron chi connectivity index (χ4n) is 4.83. The maximum Gasteiger partial charge on any atom is 0.416 e. The number of rotatable bonds is 7. The van der Waals surface area contributed by atoms with E-state index < -0.39 is 23.6 Å². The van der Waals surface area contributed by atoms with Crippen molar-refractivity contribution in [3.05, 3.63) is 101 Å². The molecule has 5 rings (SSSR count). The van der Waals surface area contributed by atoms with Gasteiger partial charge < -0.3 is 25.8 Å². The van der Waals surface area contributed by atoms with Gasteiger partial charge in [-0.1, -0.05) is 6.07 Å². The lowest BCUT2D eigenvalue weighted by Crippen LogP contribution is -2.44. The molecule has 3 aromatic carbocycles. The zero-order valence-corrected chi connectivity index (χ0v) is 24.5. The number of aromatic nitrogens is 2. The highest BCUT2D eigenvalue weighted by Crippen LogP contribution is 2.31. The lowest BCUT2D eigenvalue weighted by Gasteiger charge is -2.34. The molecule has 0 atom stereocenters. The summed E-state index contributed by atoms with van der Waals surface area (Å²) in [5.41, 5.74) is 2.77. The molecule has 0 radical (unpaired) electrons. The molecule has 44 heavy (non-hydrogen) atoms. The number of anilines is 5. The molecule has 1 aliphatic heterocycles. The van der Waals surface area contributed by atoms with Crippen LogP contribution in [0.1, 0.15) is 37.4 Å². The number of amides is 2. The smallest absolute Gasteiger partial charge is 0.369 e. The van der Waals surface area contributed by atoms with Gasteiger partial charge in [0.25, 0.3) is 11.8 Å². The first-order valence-corrected chi connectivity index (χ1v) is 14.0. The fourth-order valence-corrected chi connectivity index (χ4v) is 4.83.